The average molecular weight is 366 g/mol. The van der Waals surface area contributed by atoms with Gasteiger partial charge in [-0.05, 0) is 48.0 Å². The summed E-state index contributed by atoms with van der Waals surface area (Å²) in [5.74, 6) is 0.0628. The van der Waals surface area contributed by atoms with Crippen LogP contribution in [0.2, 0.25) is 0 Å². The Labute approximate surface area is 153 Å². The highest BCUT2D eigenvalue weighted by Gasteiger charge is 2.14. The molecule has 0 spiro atoms. The molecule has 0 saturated heterocycles. The van der Waals surface area contributed by atoms with Gasteiger partial charge in [0.25, 0.3) is 5.56 Å². The van der Waals surface area contributed by atoms with E-state index >= 15 is 0 Å². The Bertz CT molecular complexity index is 1160. The van der Waals surface area contributed by atoms with Crippen molar-refractivity contribution in [1.82, 2.24) is 9.13 Å². The van der Waals surface area contributed by atoms with Crippen LogP contribution in [0.5, 0.6) is 5.75 Å². The Morgan fingerprint density at radius 1 is 1.00 bits per heavy atom. The van der Waals surface area contributed by atoms with E-state index in [2.05, 4.69) is 0 Å². The van der Waals surface area contributed by atoms with Gasteiger partial charge in [0.1, 0.15) is 17.1 Å². The zero-order valence-corrected chi connectivity index (χ0v) is 14.5. The molecule has 0 bridgehead atoms. The number of alkyl halides is 1. The summed E-state index contributed by atoms with van der Waals surface area (Å²) in [6, 6.07) is 14.6. The summed E-state index contributed by atoms with van der Waals surface area (Å²) in [6.45, 7) is -0.913. The summed E-state index contributed by atoms with van der Waals surface area (Å²) < 4.78 is 33.8. The molecular formula is C21H16F2N2O2. The Hall–Kier alpha value is -3.41. The lowest BCUT2D eigenvalue weighted by molar-refractivity contribution is 0.192. The van der Waals surface area contributed by atoms with Crippen molar-refractivity contribution in [1.29, 1.82) is 0 Å². The topological polar surface area (TPSA) is 36.2 Å². The van der Waals surface area contributed by atoms with Gasteiger partial charge in [0.05, 0.1) is 0 Å². The molecule has 4 aromatic rings. The van der Waals surface area contributed by atoms with Crippen molar-refractivity contribution in [3.05, 3.63) is 83.2 Å². The number of pyridine rings is 1. The minimum Gasteiger partial charge on any atom is -0.463 e. The third-order valence-corrected chi connectivity index (χ3v) is 4.53. The highest BCUT2D eigenvalue weighted by atomic mass is 19.1. The summed E-state index contributed by atoms with van der Waals surface area (Å²) in [5.41, 5.74) is 2.61. The minimum atomic E-state index is -0.913. The molecule has 0 saturated carbocycles. The first-order valence-corrected chi connectivity index (χ1v) is 8.34. The van der Waals surface area contributed by atoms with E-state index in [-0.39, 0.29) is 11.4 Å². The number of ether oxygens (including phenoxy) is 1. The standard InChI is InChI=1S/C21H16F2N2O2/c1-24-11-10-18-19(14-2-4-15(23)5-3-14)12-25(21(26)20(18)24)16-6-8-17(9-7-16)27-13-22/h2-12H,13H2,1H3. The third-order valence-electron chi connectivity index (χ3n) is 4.53. The first-order chi connectivity index (χ1) is 13.1. The number of nitrogens with zero attached hydrogens (tertiary/aromatic N) is 2. The van der Waals surface area contributed by atoms with Gasteiger partial charge in [0, 0.05) is 36.1 Å². The van der Waals surface area contributed by atoms with Crippen molar-refractivity contribution >= 4 is 10.9 Å². The van der Waals surface area contributed by atoms with Crippen LogP contribution >= 0.6 is 0 Å². The second-order valence-electron chi connectivity index (χ2n) is 6.16. The number of fused-ring (bicyclic) bond motifs is 1. The van der Waals surface area contributed by atoms with E-state index in [1.54, 1.807) is 54.2 Å². The molecule has 4 nitrogen and oxygen atoms in total. The van der Waals surface area contributed by atoms with Crippen LogP contribution < -0.4 is 10.3 Å². The fourth-order valence-electron chi connectivity index (χ4n) is 3.20. The number of aryl methyl sites for hydroxylation is 1. The maximum absolute atomic E-state index is 13.3. The van der Waals surface area contributed by atoms with Gasteiger partial charge in [-0.2, -0.15) is 0 Å². The Kier molecular flexibility index (Phi) is 4.24. The first kappa shape index (κ1) is 17.0. The number of benzene rings is 2. The normalized spacial score (nSPS) is 11.1. The third kappa shape index (κ3) is 2.99. The van der Waals surface area contributed by atoms with Crippen LogP contribution in [0.1, 0.15) is 0 Å². The van der Waals surface area contributed by atoms with Gasteiger partial charge in [-0.25, -0.2) is 8.78 Å². The quantitative estimate of drug-likeness (QED) is 0.535. The van der Waals surface area contributed by atoms with Gasteiger partial charge in [-0.1, -0.05) is 12.1 Å². The molecule has 0 aliphatic carbocycles. The Morgan fingerprint density at radius 3 is 2.37 bits per heavy atom. The monoisotopic (exact) mass is 366 g/mol. The maximum atomic E-state index is 13.3. The molecule has 0 N–H and O–H groups in total. The molecule has 0 radical (unpaired) electrons. The summed E-state index contributed by atoms with van der Waals surface area (Å²) in [4.78, 5) is 13.1. The summed E-state index contributed by atoms with van der Waals surface area (Å²) >= 11 is 0. The van der Waals surface area contributed by atoms with Crippen LogP contribution in [0, 0.1) is 5.82 Å². The number of aromatic nitrogens is 2. The van der Waals surface area contributed by atoms with Crippen molar-refractivity contribution < 1.29 is 13.5 Å². The zero-order valence-electron chi connectivity index (χ0n) is 14.5. The second kappa shape index (κ2) is 6.72. The largest absolute Gasteiger partial charge is 0.463 e. The predicted octanol–water partition coefficient (Wildman–Crippen LogP) is 4.44. The lowest BCUT2D eigenvalue weighted by Crippen LogP contribution is -2.20. The van der Waals surface area contributed by atoms with Crippen molar-refractivity contribution in [2.24, 2.45) is 7.05 Å². The molecule has 0 aliphatic heterocycles. The molecule has 0 amide bonds. The molecule has 2 aromatic carbocycles. The van der Waals surface area contributed by atoms with Crippen LogP contribution in [0.3, 0.4) is 0 Å². The molecular weight excluding hydrogens is 350 g/mol. The van der Waals surface area contributed by atoms with E-state index < -0.39 is 6.86 Å². The van der Waals surface area contributed by atoms with Gasteiger partial charge in [0.15, 0.2) is 0 Å². The van der Waals surface area contributed by atoms with Crippen molar-refractivity contribution in [3.8, 4) is 22.6 Å². The predicted molar refractivity (Wildman–Crippen MR) is 101 cm³/mol. The van der Waals surface area contributed by atoms with Crippen molar-refractivity contribution in [2.75, 3.05) is 6.86 Å². The van der Waals surface area contributed by atoms with Crippen LogP contribution in [0.15, 0.2) is 71.8 Å². The fraction of sp³-hybridized carbons (Fsp3) is 0.0952. The molecule has 2 aromatic heterocycles. The molecule has 0 atom stereocenters. The highest BCUT2D eigenvalue weighted by molar-refractivity contribution is 5.94. The highest BCUT2D eigenvalue weighted by Crippen LogP contribution is 2.28. The van der Waals surface area contributed by atoms with Crippen LogP contribution in [0.4, 0.5) is 8.78 Å². The minimum absolute atomic E-state index is 0.178. The maximum Gasteiger partial charge on any atom is 0.279 e. The first-order valence-electron chi connectivity index (χ1n) is 8.34. The van der Waals surface area contributed by atoms with Gasteiger partial charge in [-0.15, -0.1) is 0 Å². The lowest BCUT2D eigenvalue weighted by atomic mass is 10.0. The van der Waals surface area contributed by atoms with Gasteiger partial charge in [0.2, 0.25) is 6.86 Å². The van der Waals surface area contributed by atoms with Crippen molar-refractivity contribution in [2.45, 2.75) is 0 Å². The molecule has 4 rings (SSSR count). The Balaban J connectivity index is 1.95. The summed E-state index contributed by atoms with van der Waals surface area (Å²) in [6.07, 6.45) is 3.56. The van der Waals surface area contributed by atoms with E-state index in [1.165, 1.54) is 16.7 Å². The van der Waals surface area contributed by atoms with Crippen LogP contribution in [-0.2, 0) is 7.05 Å². The molecule has 2 heterocycles. The van der Waals surface area contributed by atoms with E-state index in [0.717, 1.165) is 16.5 Å². The number of rotatable bonds is 4. The van der Waals surface area contributed by atoms with E-state index in [0.29, 0.717) is 17.0 Å². The second-order valence-corrected chi connectivity index (χ2v) is 6.16. The van der Waals surface area contributed by atoms with Crippen molar-refractivity contribution in [3.63, 3.8) is 0 Å². The molecule has 136 valence electrons. The van der Waals surface area contributed by atoms with Crippen LogP contribution in [0.25, 0.3) is 27.7 Å². The smallest absolute Gasteiger partial charge is 0.279 e. The number of hydrogen-bond donors (Lipinski definition) is 0. The fourth-order valence-corrected chi connectivity index (χ4v) is 3.20. The number of hydrogen-bond acceptors (Lipinski definition) is 2. The number of halogens is 2. The molecule has 0 unspecified atom stereocenters. The average Bonchev–Trinajstić information content (AvgIpc) is 3.06. The molecule has 6 heteroatoms. The van der Waals surface area contributed by atoms with Gasteiger partial charge in [-0.3, -0.25) is 9.36 Å². The Morgan fingerprint density at radius 2 is 1.70 bits per heavy atom. The van der Waals surface area contributed by atoms with Gasteiger partial charge >= 0.3 is 0 Å². The van der Waals surface area contributed by atoms with Gasteiger partial charge < -0.3 is 9.30 Å². The summed E-state index contributed by atoms with van der Waals surface area (Å²) in [7, 11) is 1.81. The molecule has 0 fully saturated rings. The molecule has 27 heavy (non-hydrogen) atoms. The molecule has 0 aliphatic rings. The van der Waals surface area contributed by atoms with E-state index in [1.807, 2.05) is 12.3 Å². The lowest BCUT2D eigenvalue weighted by Gasteiger charge is -2.12. The summed E-state index contributed by atoms with van der Waals surface area (Å²) in [5, 5.41) is 0.794. The van der Waals surface area contributed by atoms with E-state index in [4.69, 9.17) is 4.74 Å². The van der Waals surface area contributed by atoms with Crippen LogP contribution in [-0.4, -0.2) is 16.0 Å². The SMILES string of the molecule is Cn1ccc2c(-c3ccc(F)cc3)cn(-c3ccc(OCF)cc3)c(=O)c21. The zero-order chi connectivity index (χ0) is 19.0. The van der Waals surface area contributed by atoms with E-state index in [9.17, 15) is 13.6 Å².